The first-order valence-electron chi connectivity index (χ1n) is 7.65. The molecule has 1 saturated carbocycles. The minimum atomic E-state index is 0.242. The van der Waals surface area contributed by atoms with Gasteiger partial charge in [-0.3, -0.25) is 0 Å². The topological polar surface area (TPSA) is 29.3 Å². The predicted octanol–water partition coefficient (Wildman–Crippen LogP) is 3.07. The normalized spacial score (nSPS) is 25.5. The second-order valence-electron chi connectivity index (χ2n) is 6.30. The van der Waals surface area contributed by atoms with Gasteiger partial charge in [0.05, 0.1) is 0 Å². The van der Waals surface area contributed by atoms with E-state index in [-0.39, 0.29) is 6.04 Å². The summed E-state index contributed by atoms with van der Waals surface area (Å²) in [6.07, 6.45) is 6.42. The van der Waals surface area contributed by atoms with Crippen LogP contribution in [0.15, 0.2) is 30.3 Å². The van der Waals surface area contributed by atoms with Crippen molar-refractivity contribution in [3.8, 4) is 0 Å². The number of hydrogen-bond donors (Lipinski definition) is 1. The smallest absolute Gasteiger partial charge is 0.0208 e. The molecule has 0 heterocycles. The van der Waals surface area contributed by atoms with Crippen molar-refractivity contribution in [1.82, 2.24) is 4.90 Å². The standard InChI is InChI=1S/C17H28N2/c1-14-8-10-17(11-9-14)19(2)13-16(18)12-15-6-4-3-5-7-15/h3-7,14,16-17H,8-13,18H2,1-2H3. The van der Waals surface area contributed by atoms with Gasteiger partial charge >= 0.3 is 0 Å². The SMILES string of the molecule is CC1CCC(N(C)CC(N)Cc2ccccc2)CC1. The van der Waals surface area contributed by atoms with Gasteiger partial charge in [0.25, 0.3) is 0 Å². The van der Waals surface area contributed by atoms with Crippen LogP contribution in [0.3, 0.4) is 0 Å². The first kappa shape index (κ1) is 14.5. The second kappa shape index (κ2) is 7.06. The molecule has 19 heavy (non-hydrogen) atoms. The maximum absolute atomic E-state index is 6.30. The zero-order chi connectivity index (χ0) is 13.7. The molecule has 2 rings (SSSR count). The lowest BCUT2D eigenvalue weighted by atomic mass is 9.86. The van der Waals surface area contributed by atoms with E-state index in [0.717, 1.165) is 24.9 Å². The van der Waals surface area contributed by atoms with E-state index in [0.29, 0.717) is 0 Å². The molecule has 0 amide bonds. The third kappa shape index (κ3) is 4.63. The van der Waals surface area contributed by atoms with Crippen molar-refractivity contribution in [3.63, 3.8) is 0 Å². The zero-order valence-electron chi connectivity index (χ0n) is 12.4. The first-order valence-corrected chi connectivity index (χ1v) is 7.65. The van der Waals surface area contributed by atoms with E-state index in [1.807, 2.05) is 0 Å². The van der Waals surface area contributed by atoms with E-state index in [1.165, 1.54) is 31.2 Å². The summed E-state index contributed by atoms with van der Waals surface area (Å²) in [7, 11) is 2.24. The fourth-order valence-corrected chi connectivity index (χ4v) is 3.18. The highest BCUT2D eigenvalue weighted by molar-refractivity contribution is 5.15. The minimum absolute atomic E-state index is 0.242. The van der Waals surface area contributed by atoms with Crippen LogP contribution in [-0.4, -0.2) is 30.6 Å². The fourth-order valence-electron chi connectivity index (χ4n) is 3.18. The van der Waals surface area contributed by atoms with E-state index in [1.54, 1.807) is 0 Å². The van der Waals surface area contributed by atoms with Gasteiger partial charge in [0.15, 0.2) is 0 Å². The lowest BCUT2D eigenvalue weighted by Gasteiger charge is -2.35. The van der Waals surface area contributed by atoms with E-state index >= 15 is 0 Å². The molecule has 1 fully saturated rings. The Bertz CT molecular complexity index is 355. The average Bonchev–Trinajstić information content (AvgIpc) is 2.40. The highest BCUT2D eigenvalue weighted by Crippen LogP contribution is 2.26. The van der Waals surface area contributed by atoms with Crippen LogP contribution in [0.4, 0.5) is 0 Å². The van der Waals surface area contributed by atoms with Crippen LogP contribution in [0.1, 0.15) is 38.2 Å². The molecule has 0 aliphatic heterocycles. The van der Waals surface area contributed by atoms with Crippen molar-refractivity contribution in [2.45, 2.75) is 51.1 Å². The van der Waals surface area contributed by atoms with Crippen molar-refractivity contribution in [2.75, 3.05) is 13.6 Å². The molecule has 1 unspecified atom stereocenters. The molecule has 0 saturated heterocycles. The third-order valence-electron chi connectivity index (χ3n) is 4.47. The van der Waals surface area contributed by atoms with Gasteiger partial charge in [0.2, 0.25) is 0 Å². The van der Waals surface area contributed by atoms with Gasteiger partial charge in [-0.05, 0) is 50.6 Å². The second-order valence-corrected chi connectivity index (χ2v) is 6.30. The van der Waals surface area contributed by atoms with Crippen LogP contribution in [0.5, 0.6) is 0 Å². The lowest BCUT2D eigenvalue weighted by molar-refractivity contribution is 0.162. The van der Waals surface area contributed by atoms with E-state index < -0.39 is 0 Å². The van der Waals surface area contributed by atoms with Crippen LogP contribution < -0.4 is 5.73 Å². The first-order chi connectivity index (χ1) is 9.15. The van der Waals surface area contributed by atoms with Crippen LogP contribution >= 0.6 is 0 Å². The molecule has 106 valence electrons. The van der Waals surface area contributed by atoms with Crippen LogP contribution in [0, 0.1) is 5.92 Å². The van der Waals surface area contributed by atoms with E-state index in [2.05, 4.69) is 49.2 Å². The molecule has 1 aliphatic carbocycles. The van der Waals surface area contributed by atoms with Crippen molar-refractivity contribution in [2.24, 2.45) is 11.7 Å². The van der Waals surface area contributed by atoms with Crippen molar-refractivity contribution in [1.29, 1.82) is 0 Å². The zero-order valence-corrected chi connectivity index (χ0v) is 12.4. The molecule has 1 atom stereocenters. The number of nitrogens with two attached hydrogens (primary N) is 1. The highest BCUT2D eigenvalue weighted by Gasteiger charge is 2.22. The number of likely N-dealkylation sites (N-methyl/N-ethyl adjacent to an activating group) is 1. The van der Waals surface area contributed by atoms with Crippen molar-refractivity contribution >= 4 is 0 Å². The summed E-state index contributed by atoms with van der Waals surface area (Å²) in [5.74, 6) is 0.919. The van der Waals surface area contributed by atoms with Crippen LogP contribution in [0.25, 0.3) is 0 Å². The summed E-state index contributed by atoms with van der Waals surface area (Å²) >= 11 is 0. The number of hydrogen-bond acceptors (Lipinski definition) is 2. The molecule has 1 aromatic rings. The summed E-state index contributed by atoms with van der Waals surface area (Å²) in [4.78, 5) is 2.49. The van der Waals surface area contributed by atoms with Gasteiger partial charge in [-0.1, -0.05) is 37.3 Å². The molecule has 2 heteroatoms. The van der Waals surface area contributed by atoms with Crippen molar-refractivity contribution in [3.05, 3.63) is 35.9 Å². The molecule has 2 nitrogen and oxygen atoms in total. The number of nitrogens with zero attached hydrogens (tertiary/aromatic N) is 1. The third-order valence-corrected chi connectivity index (χ3v) is 4.47. The summed E-state index contributed by atoms with van der Waals surface area (Å²) in [5.41, 5.74) is 7.65. The largest absolute Gasteiger partial charge is 0.326 e. The van der Waals surface area contributed by atoms with Crippen molar-refractivity contribution < 1.29 is 0 Å². The van der Waals surface area contributed by atoms with E-state index in [9.17, 15) is 0 Å². The molecule has 0 spiro atoms. The van der Waals surface area contributed by atoms with Crippen LogP contribution in [-0.2, 0) is 6.42 Å². The molecule has 0 radical (unpaired) electrons. The maximum Gasteiger partial charge on any atom is 0.0208 e. The highest BCUT2D eigenvalue weighted by atomic mass is 15.1. The van der Waals surface area contributed by atoms with Gasteiger partial charge in [0, 0.05) is 18.6 Å². The Kier molecular flexibility index (Phi) is 5.41. The van der Waals surface area contributed by atoms with Gasteiger partial charge in [-0.2, -0.15) is 0 Å². The Labute approximate surface area is 118 Å². The van der Waals surface area contributed by atoms with Gasteiger partial charge in [-0.15, -0.1) is 0 Å². The molecule has 0 aromatic heterocycles. The average molecular weight is 260 g/mol. The molecular weight excluding hydrogens is 232 g/mol. The van der Waals surface area contributed by atoms with E-state index in [4.69, 9.17) is 5.73 Å². The number of rotatable bonds is 5. The Morgan fingerprint density at radius 3 is 2.42 bits per heavy atom. The van der Waals surface area contributed by atoms with Gasteiger partial charge < -0.3 is 10.6 Å². The Hall–Kier alpha value is -0.860. The lowest BCUT2D eigenvalue weighted by Crippen LogP contribution is -2.43. The Morgan fingerprint density at radius 1 is 1.16 bits per heavy atom. The number of benzene rings is 1. The monoisotopic (exact) mass is 260 g/mol. The molecule has 1 aromatic carbocycles. The molecule has 1 aliphatic rings. The van der Waals surface area contributed by atoms with Crippen LogP contribution in [0.2, 0.25) is 0 Å². The van der Waals surface area contributed by atoms with Gasteiger partial charge in [-0.25, -0.2) is 0 Å². The summed E-state index contributed by atoms with van der Waals surface area (Å²) < 4.78 is 0. The Balaban J connectivity index is 1.77. The molecule has 0 bridgehead atoms. The summed E-state index contributed by atoms with van der Waals surface area (Å²) in [5, 5.41) is 0. The Morgan fingerprint density at radius 2 is 1.79 bits per heavy atom. The summed E-state index contributed by atoms with van der Waals surface area (Å²) in [6, 6.07) is 11.6. The maximum atomic E-state index is 6.30. The summed E-state index contributed by atoms with van der Waals surface area (Å²) in [6.45, 7) is 3.38. The quantitative estimate of drug-likeness (QED) is 0.881. The molecular formula is C17H28N2. The van der Waals surface area contributed by atoms with Gasteiger partial charge in [0.1, 0.15) is 0 Å². The fraction of sp³-hybridized carbons (Fsp3) is 0.647. The molecule has 2 N–H and O–H groups in total. The minimum Gasteiger partial charge on any atom is -0.326 e. The predicted molar refractivity (Wildman–Crippen MR) is 82.2 cm³/mol.